The van der Waals surface area contributed by atoms with Gasteiger partial charge < -0.3 is 5.11 Å². The third-order valence-electron chi connectivity index (χ3n) is 4.14. The Balaban J connectivity index is 1.96. The van der Waals surface area contributed by atoms with Gasteiger partial charge in [0.15, 0.2) is 0 Å². The van der Waals surface area contributed by atoms with Crippen LogP contribution in [-0.2, 0) is 4.79 Å². The first-order valence-electron chi connectivity index (χ1n) is 6.00. The maximum Gasteiger partial charge on any atom is 0.306 e. The van der Waals surface area contributed by atoms with Gasteiger partial charge in [0.25, 0.3) is 0 Å². The van der Waals surface area contributed by atoms with E-state index in [1.54, 1.807) is 0 Å². The summed E-state index contributed by atoms with van der Waals surface area (Å²) in [7, 11) is 0. The van der Waals surface area contributed by atoms with Gasteiger partial charge in [0.1, 0.15) is 0 Å². The highest BCUT2D eigenvalue weighted by Crippen LogP contribution is 2.41. The molecule has 0 bridgehead atoms. The lowest BCUT2D eigenvalue weighted by Crippen LogP contribution is -2.28. The van der Waals surface area contributed by atoms with Crippen LogP contribution in [-0.4, -0.2) is 11.1 Å². The lowest BCUT2D eigenvalue weighted by Gasteiger charge is -2.33. The van der Waals surface area contributed by atoms with Gasteiger partial charge in [-0.15, -0.1) is 0 Å². The van der Waals surface area contributed by atoms with Crippen molar-refractivity contribution in [1.29, 1.82) is 0 Å². The van der Waals surface area contributed by atoms with Gasteiger partial charge in [-0.3, -0.25) is 4.79 Å². The van der Waals surface area contributed by atoms with Crippen molar-refractivity contribution in [3.8, 4) is 0 Å². The minimum Gasteiger partial charge on any atom is -0.481 e. The predicted octanol–water partition coefficient (Wildman–Crippen LogP) is 3.07. The van der Waals surface area contributed by atoms with Crippen molar-refractivity contribution in [2.75, 3.05) is 0 Å². The van der Waals surface area contributed by atoms with Crippen LogP contribution in [0.1, 0.15) is 51.4 Å². The van der Waals surface area contributed by atoms with E-state index in [0.717, 1.165) is 24.7 Å². The number of hydrogen-bond acceptors (Lipinski definition) is 1. The van der Waals surface area contributed by atoms with Crippen LogP contribution >= 0.6 is 0 Å². The number of carboxylic acid groups (broad SMARTS) is 1. The van der Waals surface area contributed by atoms with Crippen molar-refractivity contribution in [2.24, 2.45) is 17.8 Å². The van der Waals surface area contributed by atoms with E-state index in [2.05, 4.69) is 0 Å². The summed E-state index contributed by atoms with van der Waals surface area (Å²) in [6.45, 7) is 0. The highest BCUT2D eigenvalue weighted by atomic mass is 16.4. The Labute approximate surface area is 85.7 Å². The van der Waals surface area contributed by atoms with Crippen molar-refractivity contribution < 1.29 is 9.90 Å². The van der Waals surface area contributed by atoms with E-state index >= 15 is 0 Å². The first kappa shape index (κ1) is 10.0. The summed E-state index contributed by atoms with van der Waals surface area (Å²) in [4.78, 5) is 10.9. The Hall–Kier alpha value is -0.530. The summed E-state index contributed by atoms with van der Waals surface area (Å²) in [5, 5.41) is 9.00. The maximum absolute atomic E-state index is 10.9. The molecule has 0 saturated heterocycles. The van der Waals surface area contributed by atoms with Gasteiger partial charge in [-0.1, -0.05) is 32.1 Å². The molecule has 0 aliphatic heterocycles. The lowest BCUT2D eigenvalue weighted by molar-refractivity contribution is -0.143. The van der Waals surface area contributed by atoms with Crippen molar-refractivity contribution in [2.45, 2.75) is 51.4 Å². The quantitative estimate of drug-likeness (QED) is 0.699. The lowest BCUT2D eigenvalue weighted by atomic mass is 9.72. The average molecular weight is 196 g/mol. The van der Waals surface area contributed by atoms with Gasteiger partial charge in [-0.25, -0.2) is 0 Å². The van der Waals surface area contributed by atoms with E-state index in [1.165, 1.54) is 38.5 Å². The van der Waals surface area contributed by atoms with Crippen molar-refractivity contribution >= 4 is 5.97 Å². The molecule has 14 heavy (non-hydrogen) atoms. The van der Waals surface area contributed by atoms with Gasteiger partial charge in [0.2, 0.25) is 0 Å². The number of aliphatic carboxylic acids is 1. The number of fused-ring (bicyclic) bond motifs is 1. The molecule has 80 valence electrons. The molecule has 2 heteroatoms. The minimum absolute atomic E-state index is 0.0330. The largest absolute Gasteiger partial charge is 0.481 e. The Bertz CT molecular complexity index is 212. The fourth-order valence-corrected chi connectivity index (χ4v) is 3.27. The molecule has 0 unspecified atom stereocenters. The average Bonchev–Trinajstić information content (AvgIpc) is 2.41. The Morgan fingerprint density at radius 3 is 2.36 bits per heavy atom. The molecule has 2 fully saturated rings. The molecule has 0 aromatic heterocycles. The second-order valence-electron chi connectivity index (χ2n) is 5.01. The summed E-state index contributed by atoms with van der Waals surface area (Å²) in [5.74, 6) is 0.988. The van der Waals surface area contributed by atoms with Crippen molar-refractivity contribution in [3.05, 3.63) is 0 Å². The van der Waals surface area contributed by atoms with Crippen molar-refractivity contribution in [3.63, 3.8) is 0 Å². The van der Waals surface area contributed by atoms with E-state index in [-0.39, 0.29) is 5.92 Å². The minimum atomic E-state index is -0.562. The molecule has 2 saturated carbocycles. The molecule has 2 aliphatic rings. The molecule has 1 N–H and O–H groups in total. The highest BCUT2D eigenvalue weighted by molar-refractivity contribution is 5.70. The molecule has 0 spiro atoms. The van der Waals surface area contributed by atoms with E-state index < -0.39 is 5.97 Å². The normalized spacial score (nSPS) is 38.4. The van der Waals surface area contributed by atoms with Gasteiger partial charge in [-0.05, 0) is 31.1 Å². The Morgan fingerprint density at radius 1 is 0.929 bits per heavy atom. The third kappa shape index (κ3) is 2.10. The molecular weight excluding hydrogens is 176 g/mol. The van der Waals surface area contributed by atoms with Crippen LogP contribution in [0.2, 0.25) is 0 Å². The Kier molecular flexibility index (Phi) is 3.09. The van der Waals surface area contributed by atoms with E-state index in [0.29, 0.717) is 0 Å². The second kappa shape index (κ2) is 4.33. The van der Waals surface area contributed by atoms with Crippen LogP contribution in [0.15, 0.2) is 0 Å². The molecule has 0 heterocycles. The molecule has 0 amide bonds. The molecule has 3 atom stereocenters. The molecule has 2 rings (SSSR count). The zero-order valence-corrected chi connectivity index (χ0v) is 8.74. The predicted molar refractivity (Wildman–Crippen MR) is 55.0 cm³/mol. The number of carboxylic acids is 1. The fraction of sp³-hybridized carbons (Fsp3) is 0.917. The van der Waals surface area contributed by atoms with E-state index in [4.69, 9.17) is 5.11 Å². The van der Waals surface area contributed by atoms with Crippen LogP contribution in [0.3, 0.4) is 0 Å². The number of hydrogen-bond donors (Lipinski definition) is 1. The summed E-state index contributed by atoms with van der Waals surface area (Å²) in [5.41, 5.74) is 0. The van der Waals surface area contributed by atoms with Crippen LogP contribution in [0.4, 0.5) is 0 Å². The van der Waals surface area contributed by atoms with Crippen LogP contribution < -0.4 is 0 Å². The van der Waals surface area contributed by atoms with Gasteiger partial charge in [0.05, 0.1) is 5.92 Å². The first-order valence-corrected chi connectivity index (χ1v) is 6.00. The standard InChI is InChI=1S/C12H20O2/c13-12(14)11-7-6-9-4-2-1-3-5-10(9)8-11/h9-11H,1-8H2,(H,13,14)/t9-,10+,11+/m0/s1. The molecular formula is C12H20O2. The SMILES string of the molecule is O=C(O)[C@@H]1CC[C@@H]2CCCCC[C@@H]2C1. The van der Waals surface area contributed by atoms with E-state index in [9.17, 15) is 4.79 Å². The maximum atomic E-state index is 10.9. The smallest absolute Gasteiger partial charge is 0.306 e. The topological polar surface area (TPSA) is 37.3 Å². The number of rotatable bonds is 1. The summed E-state index contributed by atoms with van der Waals surface area (Å²) >= 11 is 0. The third-order valence-corrected chi connectivity index (χ3v) is 4.14. The van der Waals surface area contributed by atoms with Gasteiger partial charge in [-0.2, -0.15) is 0 Å². The molecule has 2 nitrogen and oxygen atoms in total. The zero-order chi connectivity index (χ0) is 9.97. The molecule has 2 aliphatic carbocycles. The summed E-state index contributed by atoms with van der Waals surface area (Å²) < 4.78 is 0. The second-order valence-corrected chi connectivity index (χ2v) is 5.01. The summed E-state index contributed by atoms with van der Waals surface area (Å²) in [6, 6.07) is 0. The van der Waals surface area contributed by atoms with Crippen LogP contribution in [0, 0.1) is 17.8 Å². The van der Waals surface area contributed by atoms with Gasteiger partial charge >= 0.3 is 5.97 Å². The Morgan fingerprint density at radius 2 is 1.64 bits per heavy atom. The first-order chi connectivity index (χ1) is 6.77. The van der Waals surface area contributed by atoms with Crippen LogP contribution in [0.5, 0.6) is 0 Å². The molecule has 0 radical (unpaired) electrons. The molecule has 0 aromatic carbocycles. The van der Waals surface area contributed by atoms with Gasteiger partial charge in [0, 0.05) is 0 Å². The molecule has 0 aromatic rings. The zero-order valence-electron chi connectivity index (χ0n) is 8.74. The summed E-state index contributed by atoms with van der Waals surface area (Å²) in [6.07, 6.45) is 9.76. The van der Waals surface area contributed by atoms with E-state index in [1.807, 2.05) is 0 Å². The number of carbonyl (C=O) groups is 1. The van der Waals surface area contributed by atoms with Crippen molar-refractivity contribution in [1.82, 2.24) is 0 Å². The highest BCUT2D eigenvalue weighted by Gasteiger charge is 2.33. The monoisotopic (exact) mass is 196 g/mol. The van der Waals surface area contributed by atoms with Crippen LogP contribution in [0.25, 0.3) is 0 Å². The fourth-order valence-electron chi connectivity index (χ4n) is 3.27.